The summed E-state index contributed by atoms with van der Waals surface area (Å²) in [6.45, 7) is 4.80. The lowest BCUT2D eigenvalue weighted by molar-refractivity contribution is -0.384. The molecule has 1 N–H and O–H groups in total. The number of benzene rings is 1. The van der Waals surface area contributed by atoms with E-state index in [1.54, 1.807) is 6.07 Å². The first-order chi connectivity index (χ1) is 8.66. The van der Waals surface area contributed by atoms with Crippen molar-refractivity contribution in [2.75, 3.05) is 24.5 Å². The molecule has 0 radical (unpaired) electrons. The first-order valence-corrected chi connectivity index (χ1v) is 6.39. The SMILES string of the molecule is Cc1ccc(N2CC[C@@H]3CNC[C@@H]32)c([N+](=O)[O-])c1. The minimum atomic E-state index is -0.266. The van der Waals surface area contributed by atoms with Gasteiger partial charge < -0.3 is 10.2 Å². The molecule has 5 nitrogen and oxygen atoms in total. The van der Waals surface area contributed by atoms with E-state index in [2.05, 4.69) is 10.2 Å². The number of nitrogens with one attached hydrogen (secondary N) is 1. The maximum Gasteiger partial charge on any atom is 0.292 e. The summed E-state index contributed by atoms with van der Waals surface area (Å²) in [5.74, 6) is 0.644. The molecule has 3 rings (SSSR count). The highest BCUT2D eigenvalue weighted by molar-refractivity contribution is 5.65. The molecule has 0 spiro atoms. The first kappa shape index (κ1) is 11.5. The summed E-state index contributed by atoms with van der Waals surface area (Å²) in [4.78, 5) is 13.1. The van der Waals surface area contributed by atoms with E-state index in [-0.39, 0.29) is 10.6 Å². The molecule has 2 atom stereocenters. The number of nitro benzene ring substituents is 1. The smallest absolute Gasteiger partial charge is 0.292 e. The van der Waals surface area contributed by atoms with Crippen LogP contribution < -0.4 is 10.2 Å². The van der Waals surface area contributed by atoms with E-state index in [1.165, 1.54) is 0 Å². The van der Waals surface area contributed by atoms with Gasteiger partial charge in [0, 0.05) is 31.7 Å². The Bertz CT molecular complexity index is 489. The van der Waals surface area contributed by atoms with Crippen molar-refractivity contribution < 1.29 is 4.92 Å². The van der Waals surface area contributed by atoms with Crippen molar-refractivity contribution in [1.29, 1.82) is 0 Å². The standard InChI is InChI=1S/C13H17N3O2/c1-9-2-3-11(12(6-9)16(17)18)15-5-4-10-7-14-8-13(10)15/h2-3,6,10,13-14H,4-5,7-8H2,1H3/t10-,13+/m1/s1. The van der Waals surface area contributed by atoms with Crippen LogP contribution in [0.3, 0.4) is 0 Å². The van der Waals surface area contributed by atoms with Crippen LogP contribution >= 0.6 is 0 Å². The second-order valence-electron chi connectivity index (χ2n) is 5.22. The third-order valence-corrected chi connectivity index (χ3v) is 4.08. The highest BCUT2D eigenvalue weighted by atomic mass is 16.6. The summed E-state index contributed by atoms with van der Waals surface area (Å²) in [6, 6.07) is 5.95. The summed E-state index contributed by atoms with van der Waals surface area (Å²) in [7, 11) is 0. The second kappa shape index (κ2) is 4.24. The lowest BCUT2D eigenvalue weighted by Crippen LogP contribution is -2.34. The minimum absolute atomic E-state index is 0.238. The van der Waals surface area contributed by atoms with Crippen molar-refractivity contribution in [1.82, 2.24) is 5.32 Å². The number of hydrogen-bond donors (Lipinski definition) is 1. The maximum absolute atomic E-state index is 11.2. The van der Waals surface area contributed by atoms with E-state index >= 15 is 0 Å². The molecule has 1 aromatic carbocycles. The van der Waals surface area contributed by atoms with E-state index in [9.17, 15) is 10.1 Å². The molecule has 1 aromatic rings. The Morgan fingerprint density at radius 1 is 1.44 bits per heavy atom. The van der Waals surface area contributed by atoms with E-state index in [0.29, 0.717) is 12.0 Å². The molecule has 2 aliphatic heterocycles. The predicted octanol–water partition coefficient (Wildman–Crippen LogP) is 1.70. The van der Waals surface area contributed by atoms with Gasteiger partial charge in [-0.2, -0.15) is 0 Å². The molecule has 96 valence electrons. The number of anilines is 1. The van der Waals surface area contributed by atoms with Crippen LogP contribution in [0.4, 0.5) is 11.4 Å². The number of nitro groups is 1. The van der Waals surface area contributed by atoms with Gasteiger partial charge in [-0.25, -0.2) is 0 Å². The quantitative estimate of drug-likeness (QED) is 0.638. The maximum atomic E-state index is 11.2. The molecule has 0 unspecified atom stereocenters. The summed E-state index contributed by atoms with van der Waals surface area (Å²) in [6.07, 6.45) is 1.13. The summed E-state index contributed by atoms with van der Waals surface area (Å²) < 4.78 is 0. The zero-order chi connectivity index (χ0) is 12.7. The third kappa shape index (κ3) is 1.75. The zero-order valence-electron chi connectivity index (χ0n) is 10.4. The van der Waals surface area contributed by atoms with Gasteiger partial charge in [0.05, 0.1) is 4.92 Å². The molecule has 2 fully saturated rings. The lowest BCUT2D eigenvalue weighted by Gasteiger charge is -2.25. The molecule has 0 amide bonds. The second-order valence-corrected chi connectivity index (χ2v) is 5.22. The van der Waals surface area contributed by atoms with Gasteiger partial charge >= 0.3 is 0 Å². The van der Waals surface area contributed by atoms with Crippen LogP contribution in [0, 0.1) is 23.0 Å². The Labute approximate surface area is 106 Å². The van der Waals surface area contributed by atoms with Crippen molar-refractivity contribution in [2.45, 2.75) is 19.4 Å². The summed E-state index contributed by atoms with van der Waals surface area (Å²) in [5.41, 5.74) is 1.95. The van der Waals surface area contributed by atoms with Crippen LogP contribution in [-0.2, 0) is 0 Å². The monoisotopic (exact) mass is 247 g/mol. The lowest BCUT2D eigenvalue weighted by atomic mass is 10.0. The summed E-state index contributed by atoms with van der Waals surface area (Å²) in [5, 5.41) is 14.6. The largest absolute Gasteiger partial charge is 0.361 e. The Kier molecular flexibility index (Phi) is 2.70. The number of nitrogens with zero attached hydrogens (tertiary/aromatic N) is 2. The Morgan fingerprint density at radius 2 is 2.28 bits per heavy atom. The highest BCUT2D eigenvalue weighted by Gasteiger charge is 2.39. The highest BCUT2D eigenvalue weighted by Crippen LogP contribution is 2.37. The molecule has 2 heterocycles. The Morgan fingerprint density at radius 3 is 3.06 bits per heavy atom. The number of rotatable bonds is 2. The van der Waals surface area contributed by atoms with Gasteiger partial charge in [-0.3, -0.25) is 10.1 Å². The van der Waals surface area contributed by atoms with Crippen LogP contribution in [0.5, 0.6) is 0 Å². The Balaban J connectivity index is 1.99. The predicted molar refractivity (Wildman–Crippen MR) is 69.9 cm³/mol. The van der Waals surface area contributed by atoms with Crippen molar-refractivity contribution in [3.63, 3.8) is 0 Å². The minimum Gasteiger partial charge on any atom is -0.361 e. The number of hydrogen-bond acceptors (Lipinski definition) is 4. The van der Waals surface area contributed by atoms with Crippen molar-refractivity contribution in [3.8, 4) is 0 Å². The van der Waals surface area contributed by atoms with Crippen LogP contribution in [0.2, 0.25) is 0 Å². The molecular weight excluding hydrogens is 230 g/mol. The zero-order valence-corrected chi connectivity index (χ0v) is 10.4. The van der Waals surface area contributed by atoms with Crippen molar-refractivity contribution in [2.24, 2.45) is 5.92 Å². The average Bonchev–Trinajstić information content (AvgIpc) is 2.91. The van der Waals surface area contributed by atoms with Gasteiger partial charge in [0.1, 0.15) is 5.69 Å². The third-order valence-electron chi connectivity index (χ3n) is 4.08. The topological polar surface area (TPSA) is 58.4 Å². The molecule has 2 aliphatic rings. The first-order valence-electron chi connectivity index (χ1n) is 6.39. The average molecular weight is 247 g/mol. The fourth-order valence-corrected chi connectivity index (χ4v) is 3.17. The van der Waals surface area contributed by atoms with Gasteiger partial charge in [0.25, 0.3) is 5.69 Å². The molecule has 5 heteroatoms. The van der Waals surface area contributed by atoms with Crippen molar-refractivity contribution >= 4 is 11.4 Å². The van der Waals surface area contributed by atoms with Crippen LogP contribution in [0.25, 0.3) is 0 Å². The molecule has 2 saturated heterocycles. The fraction of sp³-hybridized carbons (Fsp3) is 0.538. The molecular formula is C13H17N3O2. The van der Waals surface area contributed by atoms with Crippen LogP contribution in [0.15, 0.2) is 18.2 Å². The Hall–Kier alpha value is -1.62. The molecule has 0 aliphatic carbocycles. The van der Waals surface area contributed by atoms with Gasteiger partial charge in [0.2, 0.25) is 0 Å². The van der Waals surface area contributed by atoms with E-state index in [0.717, 1.165) is 37.3 Å². The van der Waals surface area contributed by atoms with Gasteiger partial charge in [0.15, 0.2) is 0 Å². The van der Waals surface area contributed by atoms with Gasteiger partial charge in [-0.05, 0) is 30.9 Å². The fourth-order valence-electron chi connectivity index (χ4n) is 3.17. The van der Waals surface area contributed by atoms with Gasteiger partial charge in [-0.1, -0.05) is 6.07 Å². The van der Waals surface area contributed by atoms with Crippen LogP contribution in [0.1, 0.15) is 12.0 Å². The van der Waals surface area contributed by atoms with Crippen molar-refractivity contribution in [3.05, 3.63) is 33.9 Å². The molecule has 18 heavy (non-hydrogen) atoms. The van der Waals surface area contributed by atoms with E-state index in [4.69, 9.17) is 0 Å². The van der Waals surface area contributed by atoms with Crippen LogP contribution in [-0.4, -0.2) is 30.6 Å². The molecule has 0 bridgehead atoms. The number of fused-ring (bicyclic) bond motifs is 1. The number of aryl methyl sites for hydroxylation is 1. The normalized spacial score (nSPS) is 26.4. The molecule has 0 aromatic heterocycles. The molecule has 0 saturated carbocycles. The van der Waals surface area contributed by atoms with Gasteiger partial charge in [-0.15, -0.1) is 0 Å². The summed E-state index contributed by atoms with van der Waals surface area (Å²) >= 11 is 0. The van der Waals surface area contributed by atoms with E-state index in [1.807, 2.05) is 19.1 Å². The van der Waals surface area contributed by atoms with E-state index < -0.39 is 0 Å².